The number of hydrogen-bond donors (Lipinski definition) is 0. The van der Waals surface area contributed by atoms with Crippen molar-refractivity contribution in [2.24, 2.45) is 0 Å². The van der Waals surface area contributed by atoms with Crippen molar-refractivity contribution < 1.29 is 9.21 Å². The van der Waals surface area contributed by atoms with E-state index in [1.54, 1.807) is 12.1 Å². The monoisotopic (exact) mass is 150 g/mol. The normalized spacial score (nSPS) is 10.6. The van der Waals surface area contributed by atoms with E-state index >= 15 is 0 Å². The maximum Gasteiger partial charge on any atom is 0.220 e. The van der Waals surface area contributed by atoms with Gasteiger partial charge >= 0.3 is 0 Å². The number of carbonyl (C=O) groups excluding carboxylic acids is 1. The van der Waals surface area contributed by atoms with Gasteiger partial charge in [0.1, 0.15) is 0 Å². The van der Waals surface area contributed by atoms with Crippen LogP contribution in [0.2, 0.25) is 0 Å². The first-order chi connectivity index (χ1) is 5.34. The van der Waals surface area contributed by atoms with Crippen LogP contribution >= 0.6 is 0 Å². The van der Waals surface area contributed by atoms with Crippen LogP contribution in [-0.2, 0) is 0 Å². The van der Waals surface area contributed by atoms with Crippen LogP contribution in [-0.4, -0.2) is 5.78 Å². The fourth-order valence-electron chi connectivity index (χ4n) is 0.726. The highest BCUT2D eigenvalue weighted by atomic mass is 16.3. The second-order valence-electron chi connectivity index (χ2n) is 2.15. The molecule has 0 spiro atoms. The molecule has 58 valence electrons. The van der Waals surface area contributed by atoms with Gasteiger partial charge in [0.05, 0.1) is 6.26 Å². The van der Waals surface area contributed by atoms with Crippen molar-refractivity contribution in [1.82, 2.24) is 0 Å². The summed E-state index contributed by atoms with van der Waals surface area (Å²) in [5, 5.41) is 0. The molecule has 0 amide bonds. The van der Waals surface area contributed by atoms with Gasteiger partial charge in [-0.15, -0.1) is 0 Å². The summed E-state index contributed by atoms with van der Waals surface area (Å²) in [6.45, 7) is 1.98. The topological polar surface area (TPSA) is 30.2 Å². The van der Waals surface area contributed by atoms with Crippen LogP contribution in [0.1, 0.15) is 23.9 Å². The number of hydrogen-bond acceptors (Lipinski definition) is 2. The summed E-state index contributed by atoms with van der Waals surface area (Å²) in [4.78, 5) is 11.1. The highest BCUT2D eigenvalue weighted by molar-refractivity contribution is 6.02. The molecule has 0 saturated carbocycles. The second-order valence-corrected chi connectivity index (χ2v) is 2.15. The molecular formula is C9H10O2. The molecule has 2 heteroatoms. The number of ketones is 1. The lowest BCUT2D eigenvalue weighted by atomic mass is 10.2. The number of allylic oxidation sites excluding steroid dienone is 2. The summed E-state index contributed by atoms with van der Waals surface area (Å²) in [5.41, 5.74) is 0. The fourth-order valence-corrected chi connectivity index (χ4v) is 0.726. The van der Waals surface area contributed by atoms with Gasteiger partial charge in [0.2, 0.25) is 5.78 Å². The van der Waals surface area contributed by atoms with E-state index in [9.17, 15) is 4.79 Å². The molecule has 0 atom stereocenters. The quantitative estimate of drug-likeness (QED) is 0.489. The van der Waals surface area contributed by atoms with E-state index in [-0.39, 0.29) is 5.78 Å². The van der Waals surface area contributed by atoms with Crippen LogP contribution in [0.5, 0.6) is 0 Å². The van der Waals surface area contributed by atoms with Crippen molar-refractivity contribution in [3.8, 4) is 0 Å². The Hall–Kier alpha value is -1.31. The van der Waals surface area contributed by atoms with Gasteiger partial charge in [0, 0.05) is 0 Å². The van der Waals surface area contributed by atoms with Crippen molar-refractivity contribution >= 4 is 5.78 Å². The molecule has 0 aliphatic carbocycles. The highest BCUT2D eigenvalue weighted by Gasteiger charge is 2.01. The van der Waals surface area contributed by atoms with E-state index < -0.39 is 0 Å². The predicted octanol–water partition coefficient (Wildman–Crippen LogP) is 2.43. The van der Waals surface area contributed by atoms with Gasteiger partial charge in [-0.1, -0.05) is 13.0 Å². The molecule has 1 aromatic heterocycles. The predicted molar refractivity (Wildman–Crippen MR) is 42.5 cm³/mol. The van der Waals surface area contributed by atoms with E-state index in [4.69, 9.17) is 4.42 Å². The van der Waals surface area contributed by atoms with Crippen molar-refractivity contribution in [1.29, 1.82) is 0 Å². The Morgan fingerprint density at radius 3 is 3.09 bits per heavy atom. The maximum atomic E-state index is 11.1. The summed E-state index contributed by atoms with van der Waals surface area (Å²) in [5.74, 6) is 0.326. The molecule has 0 fully saturated rings. The van der Waals surface area contributed by atoms with E-state index in [1.807, 2.05) is 13.0 Å². The Morgan fingerprint density at radius 1 is 1.73 bits per heavy atom. The van der Waals surface area contributed by atoms with Gasteiger partial charge in [-0.25, -0.2) is 0 Å². The molecule has 0 N–H and O–H groups in total. The molecule has 1 aromatic rings. The lowest BCUT2D eigenvalue weighted by Gasteiger charge is -1.85. The van der Waals surface area contributed by atoms with E-state index in [0.717, 1.165) is 6.42 Å². The Balaban J connectivity index is 2.64. The zero-order chi connectivity index (χ0) is 8.10. The van der Waals surface area contributed by atoms with Crippen LogP contribution in [0.15, 0.2) is 35.0 Å². The zero-order valence-corrected chi connectivity index (χ0v) is 6.41. The summed E-state index contributed by atoms with van der Waals surface area (Å²) < 4.78 is 4.89. The molecule has 0 unspecified atom stereocenters. The van der Waals surface area contributed by atoms with Gasteiger partial charge < -0.3 is 4.42 Å². The maximum absolute atomic E-state index is 11.1. The van der Waals surface area contributed by atoms with Gasteiger partial charge in [0.15, 0.2) is 5.76 Å². The Kier molecular flexibility index (Phi) is 2.66. The third kappa shape index (κ3) is 2.08. The first-order valence-electron chi connectivity index (χ1n) is 3.59. The lowest BCUT2D eigenvalue weighted by molar-refractivity contribution is 0.102. The minimum Gasteiger partial charge on any atom is -0.461 e. The molecule has 11 heavy (non-hydrogen) atoms. The molecule has 1 heterocycles. The SMILES string of the molecule is CC/C=C/C(=O)c1ccco1. The van der Waals surface area contributed by atoms with Crippen molar-refractivity contribution in [2.45, 2.75) is 13.3 Å². The van der Waals surface area contributed by atoms with Gasteiger partial charge in [0.25, 0.3) is 0 Å². The summed E-state index contributed by atoms with van der Waals surface area (Å²) >= 11 is 0. The Labute approximate surface area is 65.5 Å². The molecule has 0 saturated heterocycles. The third-order valence-corrected chi connectivity index (χ3v) is 1.27. The first-order valence-corrected chi connectivity index (χ1v) is 3.59. The molecule has 0 aliphatic heterocycles. The minimum absolute atomic E-state index is 0.0724. The van der Waals surface area contributed by atoms with Gasteiger partial charge in [-0.3, -0.25) is 4.79 Å². The van der Waals surface area contributed by atoms with E-state index in [0.29, 0.717) is 5.76 Å². The second kappa shape index (κ2) is 3.76. The average molecular weight is 150 g/mol. The Bertz CT molecular complexity index is 245. The summed E-state index contributed by atoms with van der Waals surface area (Å²) in [6, 6.07) is 3.36. The molecular weight excluding hydrogens is 140 g/mol. The zero-order valence-electron chi connectivity index (χ0n) is 6.41. The van der Waals surface area contributed by atoms with Crippen LogP contribution in [0.3, 0.4) is 0 Å². The average Bonchev–Trinajstić information content (AvgIpc) is 2.52. The van der Waals surface area contributed by atoms with Gasteiger partial charge in [-0.2, -0.15) is 0 Å². The standard InChI is InChI=1S/C9H10O2/c1-2-3-5-8(10)9-6-4-7-11-9/h3-7H,2H2,1H3/b5-3+. The van der Waals surface area contributed by atoms with Crippen LogP contribution < -0.4 is 0 Å². The fraction of sp³-hybridized carbons (Fsp3) is 0.222. The van der Waals surface area contributed by atoms with Crippen molar-refractivity contribution in [3.05, 3.63) is 36.3 Å². The summed E-state index contributed by atoms with van der Waals surface area (Å²) in [7, 11) is 0. The van der Waals surface area contributed by atoms with E-state index in [1.165, 1.54) is 12.3 Å². The Morgan fingerprint density at radius 2 is 2.55 bits per heavy atom. The molecule has 0 aromatic carbocycles. The third-order valence-electron chi connectivity index (χ3n) is 1.27. The molecule has 1 rings (SSSR count). The van der Waals surface area contributed by atoms with Crippen LogP contribution in [0.4, 0.5) is 0 Å². The molecule has 0 bridgehead atoms. The first kappa shape index (κ1) is 7.79. The molecule has 0 radical (unpaired) electrons. The summed E-state index contributed by atoms with van der Waals surface area (Å²) in [6.07, 6.45) is 5.70. The highest BCUT2D eigenvalue weighted by Crippen LogP contribution is 2.01. The minimum atomic E-state index is -0.0724. The molecule has 2 nitrogen and oxygen atoms in total. The smallest absolute Gasteiger partial charge is 0.220 e. The number of furan rings is 1. The van der Waals surface area contributed by atoms with Crippen LogP contribution in [0.25, 0.3) is 0 Å². The van der Waals surface area contributed by atoms with Gasteiger partial charge in [-0.05, 0) is 24.6 Å². The lowest BCUT2D eigenvalue weighted by Crippen LogP contribution is -1.89. The van der Waals surface area contributed by atoms with E-state index in [2.05, 4.69) is 0 Å². The largest absolute Gasteiger partial charge is 0.461 e. The number of rotatable bonds is 3. The molecule has 0 aliphatic rings. The van der Waals surface area contributed by atoms with Crippen LogP contribution in [0, 0.1) is 0 Å². The van der Waals surface area contributed by atoms with Crippen molar-refractivity contribution in [2.75, 3.05) is 0 Å². The van der Waals surface area contributed by atoms with Crippen molar-refractivity contribution in [3.63, 3.8) is 0 Å². The number of carbonyl (C=O) groups is 1.